The van der Waals surface area contributed by atoms with E-state index >= 15 is 0 Å². The number of methoxy groups -OCH3 is 1. The maximum Gasteiger partial charge on any atom is 0.161 e. The monoisotopic (exact) mass is 297 g/mol. The van der Waals surface area contributed by atoms with Gasteiger partial charge in [0, 0.05) is 17.6 Å². The second-order valence-corrected chi connectivity index (χ2v) is 4.76. The number of aromatic nitrogens is 2. The van der Waals surface area contributed by atoms with Gasteiger partial charge in [0.05, 0.1) is 19.3 Å². The molecule has 2 aromatic rings. The van der Waals surface area contributed by atoms with Gasteiger partial charge in [-0.2, -0.15) is 5.10 Å². The van der Waals surface area contributed by atoms with Gasteiger partial charge in [0.15, 0.2) is 5.75 Å². The smallest absolute Gasteiger partial charge is 0.161 e. The standard InChI is InChI=1S/C14H17ClFN3O/c1-4-17-13(12-9(15)6-5-7-10(12)16)14-11(20-3)8-18-19(14)2/h5-8,13,17H,4H2,1-3H3. The molecule has 0 aliphatic heterocycles. The van der Waals surface area contributed by atoms with Crippen LogP contribution in [0.5, 0.6) is 5.75 Å². The SMILES string of the molecule is CCNC(c1c(F)cccc1Cl)c1c(OC)cnn1C. The van der Waals surface area contributed by atoms with Gasteiger partial charge in [-0.15, -0.1) is 0 Å². The predicted octanol–water partition coefficient (Wildman–Crippen LogP) is 2.92. The molecule has 1 aromatic carbocycles. The van der Waals surface area contributed by atoms with Gasteiger partial charge in [-0.3, -0.25) is 4.68 Å². The first-order valence-corrected chi connectivity index (χ1v) is 6.71. The normalized spacial score (nSPS) is 12.4. The number of halogens is 2. The first-order chi connectivity index (χ1) is 9.60. The summed E-state index contributed by atoms with van der Waals surface area (Å²) in [5, 5.41) is 7.77. The number of hydrogen-bond donors (Lipinski definition) is 1. The van der Waals surface area contributed by atoms with Gasteiger partial charge in [0.1, 0.15) is 11.5 Å². The first kappa shape index (κ1) is 14.8. The lowest BCUT2D eigenvalue weighted by atomic mass is 10.0. The van der Waals surface area contributed by atoms with Crippen LogP contribution < -0.4 is 10.1 Å². The molecular formula is C14H17ClFN3O. The number of nitrogens with zero attached hydrogens (tertiary/aromatic N) is 2. The summed E-state index contributed by atoms with van der Waals surface area (Å²) in [4.78, 5) is 0. The topological polar surface area (TPSA) is 39.1 Å². The molecule has 108 valence electrons. The molecular weight excluding hydrogens is 281 g/mol. The van der Waals surface area contributed by atoms with E-state index in [-0.39, 0.29) is 5.82 Å². The fraction of sp³-hybridized carbons (Fsp3) is 0.357. The number of nitrogens with one attached hydrogen (secondary N) is 1. The highest BCUT2D eigenvalue weighted by molar-refractivity contribution is 6.31. The minimum Gasteiger partial charge on any atom is -0.493 e. The summed E-state index contributed by atoms with van der Waals surface area (Å²) in [7, 11) is 3.35. The molecule has 0 saturated heterocycles. The summed E-state index contributed by atoms with van der Waals surface area (Å²) in [5.74, 6) is 0.240. The molecule has 20 heavy (non-hydrogen) atoms. The van der Waals surface area contributed by atoms with Crippen LogP contribution in [0.25, 0.3) is 0 Å². The third-order valence-electron chi connectivity index (χ3n) is 3.14. The van der Waals surface area contributed by atoms with Crippen LogP contribution in [0.2, 0.25) is 5.02 Å². The van der Waals surface area contributed by atoms with E-state index in [4.69, 9.17) is 16.3 Å². The van der Waals surface area contributed by atoms with Crippen molar-refractivity contribution in [3.05, 3.63) is 46.5 Å². The van der Waals surface area contributed by atoms with Crippen LogP contribution in [0.4, 0.5) is 4.39 Å². The van der Waals surface area contributed by atoms with E-state index in [9.17, 15) is 4.39 Å². The van der Waals surface area contributed by atoms with Gasteiger partial charge in [-0.1, -0.05) is 24.6 Å². The van der Waals surface area contributed by atoms with Crippen LogP contribution in [0.3, 0.4) is 0 Å². The van der Waals surface area contributed by atoms with Crippen LogP contribution in [-0.2, 0) is 7.05 Å². The Kier molecular flexibility index (Phi) is 4.62. The van der Waals surface area contributed by atoms with Crippen molar-refractivity contribution in [2.24, 2.45) is 7.05 Å². The molecule has 6 heteroatoms. The molecule has 1 atom stereocenters. The molecule has 0 saturated carbocycles. The maximum atomic E-state index is 14.2. The lowest BCUT2D eigenvalue weighted by Gasteiger charge is -2.21. The second-order valence-electron chi connectivity index (χ2n) is 4.35. The van der Waals surface area contributed by atoms with Gasteiger partial charge >= 0.3 is 0 Å². The Morgan fingerprint density at radius 1 is 1.50 bits per heavy atom. The second kappa shape index (κ2) is 6.24. The number of rotatable bonds is 5. The van der Waals surface area contributed by atoms with Gasteiger partial charge in [-0.25, -0.2) is 4.39 Å². The average molecular weight is 298 g/mol. The van der Waals surface area contributed by atoms with E-state index in [0.29, 0.717) is 22.9 Å². The summed E-state index contributed by atoms with van der Waals surface area (Å²) in [6.45, 7) is 2.61. The minimum atomic E-state index is -0.420. The third kappa shape index (κ3) is 2.64. The number of hydrogen-bond acceptors (Lipinski definition) is 3. The fourth-order valence-corrected chi connectivity index (χ4v) is 2.51. The highest BCUT2D eigenvalue weighted by Gasteiger charge is 2.26. The highest BCUT2D eigenvalue weighted by Crippen LogP contribution is 2.34. The molecule has 0 radical (unpaired) electrons. The van der Waals surface area contributed by atoms with E-state index < -0.39 is 6.04 Å². The van der Waals surface area contributed by atoms with Crippen molar-refractivity contribution in [2.45, 2.75) is 13.0 Å². The number of ether oxygens (including phenoxy) is 1. The molecule has 0 amide bonds. The van der Waals surface area contributed by atoms with Gasteiger partial charge < -0.3 is 10.1 Å². The fourth-order valence-electron chi connectivity index (χ4n) is 2.24. The molecule has 0 aliphatic rings. The van der Waals surface area contributed by atoms with Gasteiger partial charge in [0.2, 0.25) is 0 Å². The zero-order valence-corrected chi connectivity index (χ0v) is 12.4. The van der Waals surface area contributed by atoms with Crippen molar-refractivity contribution < 1.29 is 9.13 Å². The van der Waals surface area contributed by atoms with Gasteiger partial charge in [-0.05, 0) is 18.7 Å². The van der Waals surface area contributed by atoms with Crippen LogP contribution >= 0.6 is 11.6 Å². The maximum absolute atomic E-state index is 14.2. The Bertz CT molecular complexity index is 580. The molecule has 1 N–H and O–H groups in total. The zero-order chi connectivity index (χ0) is 14.7. The Morgan fingerprint density at radius 2 is 2.25 bits per heavy atom. The molecule has 0 bridgehead atoms. The largest absolute Gasteiger partial charge is 0.493 e. The summed E-state index contributed by atoms with van der Waals surface area (Å²) < 4.78 is 21.2. The number of aryl methyl sites for hydroxylation is 1. The first-order valence-electron chi connectivity index (χ1n) is 6.33. The predicted molar refractivity (Wildman–Crippen MR) is 76.7 cm³/mol. The lowest BCUT2D eigenvalue weighted by Crippen LogP contribution is -2.26. The summed E-state index contributed by atoms with van der Waals surface area (Å²) in [6.07, 6.45) is 1.61. The molecule has 1 aromatic heterocycles. The van der Waals surface area contributed by atoms with Crippen LogP contribution in [0.1, 0.15) is 24.2 Å². The molecule has 0 spiro atoms. The van der Waals surface area contributed by atoms with E-state index in [1.807, 2.05) is 6.92 Å². The Morgan fingerprint density at radius 3 is 2.85 bits per heavy atom. The van der Waals surface area contributed by atoms with Crippen LogP contribution in [0.15, 0.2) is 24.4 Å². The Balaban J connectivity index is 2.59. The van der Waals surface area contributed by atoms with E-state index in [1.54, 1.807) is 37.2 Å². The van der Waals surface area contributed by atoms with Crippen molar-refractivity contribution in [3.63, 3.8) is 0 Å². The minimum absolute atomic E-state index is 0.355. The lowest BCUT2D eigenvalue weighted by molar-refractivity contribution is 0.400. The molecule has 1 unspecified atom stereocenters. The van der Waals surface area contributed by atoms with E-state index in [2.05, 4.69) is 10.4 Å². The summed E-state index contributed by atoms with van der Waals surface area (Å²) in [5.41, 5.74) is 1.14. The van der Waals surface area contributed by atoms with Crippen molar-refractivity contribution in [1.82, 2.24) is 15.1 Å². The van der Waals surface area contributed by atoms with Crippen molar-refractivity contribution in [2.75, 3.05) is 13.7 Å². The van der Waals surface area contributed by atoms with E-state index in [1.165, 1.54) is 6.07 Å². The van der Waals surface area contributed by atoms with Crippen molar-refractivity contribution in [3.8, 4) is 5.75 Å². The van der Waals surface area contributed by atoms with E-state index in [0.717, 1.165) is 5.69 Å². The van der Waals surface area contributed by atoms with Crippen LogP contribution in [0, 0.1) is 5.82 Å². The zero-order valence-electron chi connectivity index (χ0n) is 11.7. The molecule has 0 aliphatic carbocycles. The van der Waals surface area contributed by atoms with Crippen LogP contribution in [-0.4, -0.2) is 23.4 Å². The third-order valence-corrected chi connectivity index (χ3v) is 3.47. The summed E-state index contributed by atoms with van der Waals surface area (Å²) >= 11 is 6.17. The quantitative estimate of drug-likeness (QED) is 0.922. The molecule has 0 fully saturated rings. The molecule has 2 rings (SSSR count). The number of benzene rings is 1. The Labute approximate surface area is 122 Å². The van der Waals surface area contributed by atoms with Crippen molar-refractivity contribution >= 4 is 11.6 Å². The van der Waals surface area contributed by atoms with Crippen molar-refractivity contribution in [1.29, 1.82) is 0 Å². The van der Waals surface area contributed by atoms with Gasteiger partial charge in [0.25, 0.3) is 0 Å². The summed E-state index contributed by atoms with van der Waals surface area (Å²) in [6, 6.07) is 4.24. The molecule has 1 heterocycles. The molecule has 4 nitrogen and oxygen atoms in total. The average Bonchev–Trinajstić information content (AvgIpc) is 2.78. The highest BCUT2D eigenvalue weighted by atomic mass is 35.5. The Hall–Kier alpha value is -1.59.